The van der Waals surface area contributed by atoms with Crippen LogP contribution in [0.2, 0.25) is 10.0 Å². The molecule has 0 unspecified atom stereocenters. The molecule has 4 rings (SSSR count). The van der Waals surface area contributed by atoms with Crippen molar-refractivity contribution in [2.45, 2.75) is 44.7 Å². The Kier molecular flexibility index (Phi) is 7.65. The van der Waals surface area contributed by atoms with Gasteiger partial charge in [0.15, 0.2) is 5.16 Å². The van der Waals surface area contributed by atoms with Gasteiger partial charge in [-0.1, -0.05) is 52.9 Å². The minimum atomic E-state index is -1.18. The van der Waals surface area contributed by atoms with E-state index in [0.29, 0.717) is 38.2 Å². The van der Waals surface area contributed by atoms with Crippen molar-refractivity contribution in [3.8, 4) is 17.5 Å². The van der Waals surface area contributed by atoms with E-state index in [0.717, 1.165) is 5.69 Å². The number of aliphatic carboxylic acids is 1. The van der Waals surface area contributed by atoms with Gasteiger partial charge in [0.05, 0.1) is 27.2 Å². The molecule has 10 heteroatoms. The van der Waals surface area contributed by atoms with Gasteiger partial charge in [-0.15, -0.1) is 10.2 Å². The minimum Gasteiger partial charge on any atom is -0.480 e. The second-order valence-corrected chi connectivity index (χ2v) is 10.8. The highest BCUT2D eigenvalue weighted by Crippen LogP contribution is 2.42. The second-order valence-electron chi connectivity index (χ2n) is 9.06. The van der Waals surface area contributed by atoms with Crippen molar-refractivity contribution in [2.75, 3.05) is 11.1 Å². The minimum absolute atomic E-state index is 0.0839. The third-order valence-electron chi connectivity index (χ3n) is 5.69. The van der Waals surface area contributed by atoms with Crippen molar-refractivity contribution < 1.29 is 14.7 Å². The summed E-state index contributed by atoms with van der Waals surface area (Å²) in [6.07, 6.45) is 2.39. The van der Waals surface area contributed by atoms with Crippen LogP contribution >= 0.6 is 35.0 Å². The lowest BCUT2D eigenvalue weighted by molar-refractivity contribution is -0.143. The fraction of sp³-hybridized carbons (Fsp3) is 0.308. The number of amides is 1. The molecular weight excluding hydrogens is 519 g/mol. The number of carbonyl (C=O) groups excluding carboxylic acids is 1. The molecule has 1 fully saturated rings. The fourth-order valence-electron chi connectivity index (χ4n) is 3.38. The van der Waals surface area contributed by atoms with Crippen LogP contribution in [0.1, 0.15) is 49.6 Å². The first-order valence-corrected chi connectivity index (χ1v) is 13.0. The molecule has 1 aliphatic carbocycles. The van der Waals surface area contributed by atoms with Gasteiger partial charge >= 0.3 is 5.97 Å². The molecule has 0 bridgehead atoms. The first-order chi connectivity index (χ1) is 17.0. The van der Waals surface area contributed by atoms with Gasteiger partial charge in [-0.2, -0.15) is 0 Å². The summed E-state index contributed by atoms with van der Waals surface area (Å²) >= 11 is 14.1. The lowest BCUT2D eigenvalue weighted by Gasteiger charge is -2.12. The SMILES string of the molecule is Cc1nnc(SCC(=O)Nc2ccc(C#CC(C)(C)C(=O)O)cc2Cl)n1-c1ccc(C2CC2)cc1Cl. The maximum atomic E-state index is 12.6. The maximum Gasteiger partial charge on any atom is 0.321 e. The summed E-state index contributed by atoms with van der Waals surface area (Å²) in [5.41, 5.74) is 1.82. The predicted molar refractivity (Wildman–Crippen MR) is 142 cm³/mol. The number of rotatable bonds is 7. The molecular formula is C26H24Cl2N4O3S. The molecule has 1 amide bonds. The van der Waals surface area contributed by atoms with Crippen molar-refractivity contribution in [3.05, 3.63) is 63.4 Å². The zero-order valence-electron chi connectivity index (χ0n) is 19.9. The first kappa shape index (κ1) is 26.1. The predicted octanol–water partition coefficient (Wildman–Crippen LogP) is 5.95. The van der Waals surface area contributed by atoms with E-state index in [2.05, 4.69) is 33.4 Å². The summed E-state index contributed by atoms with van der Waals surface area (Å²) in [5.74, 6) is 5.60. The number of benzene rings is 2. The van der Waals surface area contributed by atoms with Crippen LogP contribution < -0.4 is 5.32 Å². The van der Waals surface area contributed by atoms with Gasteiger partial charge in [0.25, 0.3) is 0 Å². The van der Waals surface area contributed by atoms with Crippen LogP contribution in [0, 0.1) is 24.2 Å². The number of halogens is 2. The molecule has 1 heterocycles. The van der Waals surface area contributed by atoms with E-state index in [1.807, 2.05) is 23.6 Å². The number of nitrogens with one attached hydrogen (secondary N) is 1. The Balaban J connectivity index is 1.42. The molecule has 0 atom stereocenters. The first-order valence-electron chi connectivity index (χ1n) is 11.3. The van der Waals surface area contributed by atoms with Gasteiger partial charge in [-0.25, -0.2) is 0 Å². The Morgan fingerprint density at radius 3 is 2.56 bits per heavy atom. The van der Waals surface area contributed by atoms with Crippen LogP contribution in [-0.2, 0) is 9.59 Å². The van der Waals surface area contributed by atoms with E-state index in [1.165, 1.54) is 44.0 Å². The summed E-state index contributed by atoms with van der Waals surface area (Å²) < 4.78 is 1.84. The molecule has 0 saturated heterocycles. The van der Waals surface area contributed by atoms with Crippen molar-refractivity contribution in [1.29, 1.82) is 0 Å². The van der Waals surface area contributed by atoms with Crippen LogP contribution in [0.3, 0.4) is 0 Å². The summed E-state index contributed by atoms with van der Waals surface area (Å²) in [7, 11) is 0. The topological polar surface area (TPSA) is 97.1 Å². The maximum absolute atomic E-state index is 12.6. The number of nitrogens with zero attached hydrogens (tertiary/aromatic N) is 3. The van der Waals surface area contributed by atoms with Crippen LogP contribution in [-0.4, -0.2) is 37.5 Å². The van der Waals surface area contributed by atoms with Crippen LogP contribution in [0.4, 0.5) is 5.69 Å². The van der Waals surface area contributed by atoms with E-state index in [4.69, 9.17) is 23.2 Å². The zero-order valence-corrected chi connectivity index (χ0v) is 22.3. The van der Waals surface area contributed by atoms with Gasteiger partial charge in [0.2, 0.25) is 5.91 Å². The van der Waals surface area contributed by atoms with Crippen LogP contribution in [0.15, 0.2) is 41.6 Å². The quantitative estimate of drug-likeness (QED) is 0.282. The number of carboxylic acid groups (broad SMARTS) is 1. The average Bonchev–Trinajstić information content (AvgIpc) is 3.61. The van der Waals surface area contributed by atoms with Gasteiger partial charge < -0.3 is 10.4 Å². The van der Waals surface area contributed by atoms with E-state index in [9.17, 15) is 14.7 Å². The summed E-state index contributed by atoms with van der Waals surface area (Å²) in [6.45, 7) is 4.88. The van der Waals surface area contributed by atoms with Gasteiger partial charge in [-0.05, 0) is 75.4 Å². The molecule has 0 aliphatic heterocycles. The lowest BCUT2D eigenvalue weighted by Crippen LogP contribution is -2.21. The van der Waals surface area contributed by atoms with Crippen molar-refractivity contribution in [3.63, 3.8) is 0 Å². The summed E-state index contributed by atoms with van der Waals surface area (Å²) in [5, 5.41) is 21.8. The van der Waals surface area contributed by atoms with Crippen molar-refractivity contribution >= 4 is 52.5 Å². The second kappa shape index (κ2) is 10.6. The molecule has 1 aliphatic rings. The Hall–Kier alpha value is -2.99. The van der Waals surface area contributed by atoms with Crippen molar-refractivity contribution in [2.24, 2.45) is 5.41 Å². The molecule has 186 valence electrons. The van der Waals surface area contributed by atoms with Gasteiger partial charge in [-0.3, -0.25) is 14.2 Å². The zero-order chi connectivity index (χ0) is 26.0. The van der Waals surface area contributed by atoms with Gasteiger partial charge in [0.1, 0.15) is 11.2 Å². The highest BCUT2D eigenvalue weighted by Gasteiger charge is 2.25. The molecule has 2 aromatic carbocycles. The number of aromatic nitrogens is 3. The molecule has 1 saturated carbocycles. The van der Waals surface area contributed by atoms with Gasteiger partial charge in [0, 0.05) is 5.56 Å². The monoisotopic (exact) mass is 542 g/mol. The largest absolute Gasteiger partial charge is 0.480 e. The lowest BCUT2D eigenvalue weighted by atomic mass is 9.94. The number of hydrogen-bond donors (Lipinski definition) is 2. The Bertz CT molecular complexity index is 1400. The molecule has 0 radical (unpaired) electrons. The van der Waals surface area contributed by atoms with Crippen LogP contribution in [0.5, 0.6) is 0 Å². The highest BCUT2D eigenvalue weighted by atomic mass is 35.5. The number of anilines is 1. The number of carboxylic acids is 1. The van der Waals surface area contributed by atoms with E-state index in [1.54, 1.807) is 18.2 Å². The smallest absolute Gasteiger partial charge is 0.321 e. The van der Waals surface area contributed by atoms with Crippen LogP contribution in [0.25, 0.3) is 5.69 Å². The highest BCUT2D eigenvalue weighted by molar-refractivity contribution is 7.99. The average molecular weight is 543 g/mol. The number of aryl methyl sites for hydroxylation is 1. The number of carbonyl (C=O) groups is 2. The number of thioether (sulfide) groups is 1. The molecule has 1 aromatic heterocycles. The normalized spacial score (nSPS) is 13.1. The molecule has 36 heavy (non-hydrogen) atoms. The van der Waals surface area contributed by atoms with Crippen molar-refractivity contribution in [1.82, 2.24) is 14.8 Å². The molecule has 0 spiro atoms. The molecule has 2 N–H and O–H groups in total. The Morgan fingerprint density at radius 1 is 1.17 bits per heavy atom. The Labute approximate surface area is 223 Å². The van der Waals surface area contributed by atoms with E-state index < -0.39 is 11.4 Å². The van der Waals surface area contributed by atoms with E-state index >= 15 is 0 Å². The Morgan fingerprint density at radius 2 is 1.92 bits per heavy atom. The third kappa shape index (κ3) is 6.04. The standard InChI is InChI=1S/C26H24Cl2N4O3S/c1-15-30-31-25(32(15)22-9-7-18(13-20(22)28)17-5-6-17)36-14-23(33)29-21-8-4-16(12-19(21)27)10-11-26(2,3)24(34)35/h4,7-9,12-13,17H,5-6,14H2,1-3H3,(H,29,33)(H,34,35). The number of hydrogen-bond acceptors (Lipinski definition) is 5. The molecule has 3 aromatic rings. The summed E-state index contributed by atoms with van der Waals surface area (Å²) in [6, 6.07) is 10.9. The summed E-state index contributed by atoms with van der Waals surface area (Å²) in [4.78, 5) is 23.8. The molecule has 7 nitrogen and oxygen atoms in total. The van der Waals surface area contributed by atoms with E-state index in [-0.39, 0.29) is 11.7 Å². The third-order valence-corrected chi connectivity index (χ3v) is 7.23. The fourth-order valence-corrected chi connectivity index (χ4v) is 4.67.